The summed E-state index contributed by atoms with van der Waals surface area (Å²) in [6, 6.07) is 18.3. The molecule has 0 aliphatic heterocycles. The van der Waals surface area contributed by atoms with Gasteiger partial charge in [0.1, 0.15) is 0 Å². The first-order valence-electron chi connectivity index (χ1n) is 8.52. The van der Waals surface area contributed by atoms with E-state index in [1.165, 1.54) is 5.56 Å². The van der Waals surface area contributed by atoms with Gasteiger partial charge in [0.25, 0.3) is 0 Å². The van der Waals surface area contributed by atoms with Crippen LogP contribution in [0.2, 0.25) is 0 Å². The van der Waals surface area contributed by atoms with E-state index in [0.717, 1.165) is 36.8 Å². The molecular formula is C22H26O. The summed E-state index contributed by atoms with van der Waals surface area (Å²) in [5.41, 5.74) is 3.32. The summed E-state index contributed by atoms with van der Waals surface area (Å²) in [7, 11) is 0. The lowest BCUT2D eigenvalue weighted by Gasteiger charge is -2.18. The molecule has 0 saturated heterocycles. The van der Waals surface area contributed by atoms with E-state index in [0.29, 0.717) is 0 Å². The zero-order valence-corrected chi connectivity index (χ0v) is 14.1. The first kappa shape index (κ1) is 17.3. The van der Waals surface area contributed by atoms with Crippen LogP contribution in [-0.4, -0.2) is 11.2 Å². The molecule has 0 saturated carbocycles. The summed E-state index contributed by atoms with van der Waals surface area (Å²) in [5.74, 6) is 6.39. The van der Waals surface area contributed by atoms with E-state index in [-0.39, 0.29) is 5.92 Å². The number of hydrogen-bond acceptors (Lipinski definition) is 1. The molecule has 1 nitrogen and oxygen atoms in total. The molecule has 2 atom stereocenters. The normalized spacial score (nSPS) is 13.0. The molecule has 0 aliphatic carbocycles. The highest BCUT2D eigenvalue weighted by Crippen LogP contribution is 2.23. The highest BCUT2D eigenvalue weighted by atomic mass is 16.3. The van der Waals surface area contributed by atoms with Gasteiger partial charge < -0.3 is 5.11 Å². The average Bonchev–Trinajstić information content (AvgIpc) is 2.58. The quantitative estimate of drug-likeness (QED) is 0.583. The maximum Gasteiger partial charge on any atom is 0.0718 e. The molecule has 0 aliphatic rings. The third kappa shape index (κ3) is 5.58. The van der Waals surface area contributed by atoms with E-state index in [4.69, 9.17) is 0 Å². The summed E-state index contributed by atoms with van der Waals surface area (Å²) in [6.07, 6.45) is 3.75. The SMILES string of the molecule is CCCCC[C@H](O)C(C#Cc1ccccc1)c1ccc(C)cc1. The second kappa shape index (κ2) is 9.18. The molecule has 2 rings (SSSR count). The van der Waals surface area contributed by atoms with E-state index in [2.05, 4.69) is 50.0 Å². The fourth-order valence-electron chi connectivity index (χ4n) is 2.63. The van der Waals surface area contributed by atoms with Gasteiger partial charge in [0.05, 0.1) is 12.0 Å². The Bertz CT molecular complexity index is 631. The van der Waals surface area contributed by atoms with Crippen molar-refractivity contribution in [1.29, 1.82) is 0 Å². The Labute approximate surface area is 140 Å². The van der Waals surface area contributed by atoms with Gasteiger partial charge >= 0.3 is 0 Å². The van der Waals surface area contributed by atoms with Gasteiger partial charge in [-0.3, -0.25) is 0 Å². The summed E-state index contributed by atoms with van der Waals surface area (Å²) in [5, 5.41) is 10.6. The highest BCUT2D eigenvalue weighted by molar-refractivity contribution is 5.39. The number of aliphatic hydroxyl groups excluding tert-OH is 1. The van der Waals surface area contributed by atoms with Gasteiger partial charge in [-0.25, -0.2) is 0 Å². The molecular weight excluding hydrogens is 280 g/mol. The highest BCUT2D eigenvalue weighted by Gasteiger charge is 2.18. The Morgan fingerprint density at radius 2 is 1.65 bits per heavy atom. The zero-order chi connectivity index (χ0) is 16.5. The van der Waals surface area contributed by atoms with Gasteiger partial charge in [-0.2, -0.15) is 0 Å². The summed E-state index contributed by atoms with van der Waals surface area (Å²) in [6.45, 7) is 4.26. The van der Waals surface area contributed by atoms with E-state index in [1.54, 1.807) is 0 Å². The lowest BCUT2D eigenvalue weighted by molar-refractivity contribution is 0.148. The first-order valence-corrected chi connectivity index (χ1v) is 8.52. The van der Waals surface area contributed by atoms with Crippen molar-refractivity contribution < 1.29 is 5.11 Å². The lowest BCUT2D eigenvalue weighted by Crippen LogP contribution is -2.17. The van der Waals surface area contributed by atoms with Crippen molar-refractivity contribution in [2.75, 3.05) is 0 Å². The molecule has 1 N–H and O–H groups in total. The Morgan fingerprint density at radius 3 is 2.30 bits per heavy atom. The second-order valence-electron chi connectivity index (χ2n) is 6.09. The van der Waals surface area contributed by atoms with Crippen LogP contribution in [0.1, 0.15) is 55.2 Å². The van der Waals surface area contributed by atoms with Crippen molar-refractivity contribution in [2.45, 2.75) is 51.6 Å². The minimum absolute atomic E-state index is 0.132. The maximum atomic E-state index is 10.6. The molecule has 120 valence electrons. The predicted molar refractivity (Wildman–Crippen MR) is 97.4 cm³/mol. The van der Waals surface area contributed by atoms with Gasteiger partial charge in [-0.15, -0.1) is 0 Å². The molecule has 23 heavy (non-hydrogen) atoms. The molecule has 1 unspecified atom stereocenters. The van der Waals surface area contributed by atoms with Crippen molar-refractivity contribution in [3.8, 4) is 11.8 Å². The first-order chi connectivity index (χ1) is 11.2. The van der Waals surface area contributed by atoms with Crippen LogP contribution in [0.5, 0.6) is 0 Å². The molecule has 0 fully saturated rings. The Balaban J connectivity index is 2.20. The maximum absolute atomic E-state index is 10.6. The molecule has 0 amide bonds. The van der Waals surface area contributed by atoms with Gasteiger partial charge in [-0.1, -0.05) is 86.1 Å². The van der Waals surface area contributed by atoms with Crippen LogP contribution in [0.25, 0.3) is 0 Å². The molecule has 2 aromatic carbocycles. The van der Waals surface area contributed by atoms with Crippen molar-refractivity contribution in [3.05, 3.63) is 71.3 Å². The van der Waals surface area contributed by atoms with Crippen LogP contribution in [0.3, 0.4) is 0 Å². The minimum Gasteiger partial charge on any atom is -0.391 e. The van der Waals surface area contributed by atoms with Crippen LogP contribution >= 0.6 is 0 Å². The third-order valence-corrected chi connectivity index (χ3v) is 4.07. The second-order valence-corrected chi connectivity index (χ2v) is 6.09. The Morgan fingerprint density at radius 1 is 0.957 bits per heavy atom. The number of hydrogen-bond donors (Lipinski definition) is 1. The molecule has 1 heteroatoms. The predicted octanol–water partition coefficient (Wildman–Crippen LogP) is 5.07. The van der Waals surface area contributed by atoms with Gasteiger partial charge in [-0.05, 0) is 31.0 Å². The molecule has 2 aromatic rings. The average molecular weight is 306 g/mol. The number of benzene rings is 2. The zero-order valence-electron chi connectivity index (χ0n) is 14.1. The van der Waals surface area contributed by atoms with Crippen molar-refractivity contribution in [3.63, 3.8) is 0 Å². The van der Waals surface area contributed by atoms with E-state index in [1.807, 2.05) is 30.3 Å². The van der Waals surface area contributed by atoms with Crippen LogP contribution in [-0.2, 0) is 0 Å². The molecule has 0 spiro atoms. The largest absolute Gasteiger partial charge is 0.391 e. The van der Waals surface area contributed by atoms with Crippen LogP contribution < -0.4 is 0 Å². The van der Waals surface area contributed by atoms with Crippen molar-refractivity contribution >= 4 is 0 Å². The molecule has 0 heterocycles. The monoisotopic (exact) mass is 306 g/mol. The van der Waals surface area contributed by atoms with Gasteiger partial charge in [0.2, 0.25) is 0 Å². The van der Waals surface area contributed by atoms with E-state index < -0.39 is 6.10 Å². The minimum atomic E-state index is -0.416. The number of aryl methyl sites for hydroxylation is 1. The fourth-order valence-corrected chi connectivity index (χ4v) is 2.63. The van der Waals surface area contributed by atoms with Crippen LogP contribution in [0.15, 0.2) is 54.6 Å². The summed E-state index contributed by atoms with van der Waals surface area (Å²) >= 11 is 0. The fraction of sp³-hybridized carbons (Fsp3) is 0.364. The number of aliphatic hydroxyl groups is 1. The van der Waals surface area contributed by atoms with Crippen LogP contribution in [0, 0.1) is 18.8 Å². The molecule has 0 aromatic heterocycles. The molecule has 0 bridgehead atoms. The topological polar surface area (TPSA) is 20.2 Å². The van der Waals surface area contributed by atoms with Crippen LogP contribution in [0.4, 0.5) is 0 Å². The third-order valence-electron chi connectivity index (χ3n) is 4.07. The van der Waals surface area contributed by atoms with Crippen molar-refractivity contribution in [2.24, 2.45) is 0 Å². The van der Waals surface area contributed by atoms with Gasteiger partial charge in [0, 0.05) is 5.56 Å². The van der Waals surface area contributed by atoms with E-state index >= 15 is 0 Å². The number of rotatable bonds is 6. The standard InChI is InChI=1S/C22H26O/c1-3-4-6-11-22(23)21(20-15-12-18(2)13-16-20)17-14-19-9-7-5-8-10-19/h5,7-10,12-13,15-16,21-23H,3-4,6,11H2,1-2H3/t21?,22-/m0/s1. The van der Waals surface area contributed by atoms with E-state index in [9.17, 15) is 5.11 Å². The number of unbranched alkanes of at least 4 members (excludes halogenated alkanes) is 2. The van der Waals surface area contributed by atoms with Crippen molar-refractivity contribution in [1.82, 2.24) is 0 Å². The molecule has 0 radical (unpaired) electrons. The summed E-state index contributed by atoms with van der Waals surface area (Å²) < 4.78 is 0. The lowest BCUT2D eigenvalue weighted by atomic mass is 9.90. The smallest absolute Gasteiger partial charge is 0.0718 e. The summed E-state index contributed by atoms with van der Waals surface area (Å²) in [4.78, 5) is 0. The Kier molecular flexibility index (Phi) is 6.91. The van der Waals surface area contributed by atoms with Gasteiger partial charge in [0.15, 0.2) is 0 Å². The Hall–Kier alpha value is -2.04.